The molecule has 0 heterocycles. The van der Waals surface area contributed by atoms with Gasteiger partial charge in [0.05, 0.1) is 6.61 Å². The van der Waals surface area contributed by atoms with E-state index in [1.165, 1.54) is 7.11 Å². The summed E-state index contributed by atoms with van der Waals surface area (Å²) in [6.07, 6.45) is 5.61. The van der Waals surface area contributed by atoms with Crippen LogP contribution >= 0.6 is 7.37 Å². The van der Waals surface area contributed by atoms with Crippen molar-refractivity contribution in [2.45, 2.75) is 19.4 Å². The highest BCUT2D eigenvalue weighted by molar-refractivity contribution is 7.58. The van der Waals surface area contributed by atoms with Crippen molar-refractivity contribution in [1.29, 1.82) is 0 Å². The van der Waals surface area contributed by atoms with Crippen LogP contribution in [0.5, 0.6) is 0 Å². The van der Waals surface area contributed by atoms with Gasteiger partial charge in [-0.25, -0.2) is 0 Å². The molecule has 0 fully saturated rings. The highest BCUT2D eigenvalue weighted by atomic mass is 31.2. The van der Waals surface area contributed by atoms with Gasteiger partial charge in [-0.15, -0.1) is 6.42 Å². The quantitative estimate of drug-likeness (QED) is 0.507. The average molecular weight is 204 g/mol. The molecule has 0 amide bonds. The summed E-state index contributed by atoms with van der Waals surface area (Å²) in [5.41, 5.74) is -0.590. The molecule has 0 spiro atoms. The maximum Gasteiger partial charge on any atom is 0.202 e. The van der Waals surface area contributed by atoms with Crippen molar-refractivity contribution >= 4 is 7.37 Å². The SMILES string of the molecule is C#CC(C)(C)OCCP(C)(=O)OC. The Labute approximate surface area is 80.3 Å². The minimum atomic E-state index is -2.46. The van der Waals surface area contributed by atoms with Gasteiger partial charge in [-0.2, -0.15) is 0 Å². The van der Waals surface area contributed by atoms with Gasteiger partial charge in [0, 0.05) is 19.9 Å². The van der Waals surface area contributed by atoms with Crippen molar-refractivity contribution in [1.82, 2.24) is 0 Å². The molecule has 76 valence electrons. The normalized spacial score (nSPS) is 16.2. The molecule has 3 nitrogen and oxygen atoms in total. The maximum atomic E-state index is 11.4. The molecule has 0 aliphatic rings. The first-order chi connectivity index (χ1) is 5.83. The predicted octanol–water partition coefficient (Wildman–Crippen LogP) is 1.97. The van der Waals surface area contributed by atoms with E-state index in [1.54, 1.807) is 20.5 Å². The molecule has 13 heavy (non-hydrogen) atoms. The Kier molecular flexibility index (Phi) is 4.70. The van der Waals surface area contributed by atoms with Crippen LogP contribution in [-0.4, -0.2) is 32.1 Å². The Morgan fingerprint density at radius 1 is 1.54 bits per heavy atom. The molecular formula is C9H17O3P. The summed E-state index contributed by atoms with van der Waals surface area (Å²) >= 11 is 0. The van der Waals surface area contributed by atoms with Crippen LogP contribution in [0, 0.1) is 12.3 Å². The van der Waals surface area contributed by atoms with Crippen LogP contribution in [0.25, 0.3) is 0 Å². The molecule has 0 N–H and O–H groups in total. The molecule has 1 unspecified atom stereocenters. The van der Waals surface area contributed by atoms with Crippen LogP contribution in [0.15, 0.2) is 0 Å². The van der Waals surface area contributed by atoms with Gasteiger partial charge in [0.25, 0.3) is 0 Å². The Morgan fingerprint density at radius 3 is 2.46 bits per heavy atom. The van der Waals surface area contributed by atoms with Gasteiger partial charge in [0.1, 0.15) is 5.60 Å². The van der Waals surface area contributed by atoms with Crippen molar-refractivity contribution in [2.24, 2.45) is 0 Å². The van der Waals surface area contributed by atoms with Crippen molar-refractivity contribution in [2.75, 3.05) is 26.5 Å². The van der Waals surface area contributed by atoms with Gasteiger partial charge in [-0.3, -0.25) is 4.57 Å². The second-order valence-electron chi connectivity index (χ2n) is 3.42. The van der Waals surface area contributed by atoms with Crippen molar-refractivity contribution in [3.63, 3.8) is 0 Å². The fraction of sp³-hybridized carbons (Fsp3) is 0.778. The van der Waals surface area contributed by atoms with E-state index in [0.29, 0.717) is 12.8 Å². The second-order valence-corrected chi connectivity index (χ2v) is 6.26. The maximum absolute atomic E-state index is 11.4. The molecule has 0 bridgehead atoms. The molecule has 0 aromatic carbocycles. The van der Waals surface area contributed by atoms with E-state index in [9.17, 15) is 4.57 Å². The van der Waals surface area contributed by atoms with Crippen LogP contribution < -0.4 is 0 Å². The highest BCUT2D eigenvalue weighted by Crippen LogP contribution is 2.40. The number of ether oxygens (including phenoxy) is 1. The molecule has 0 saturated heterocycles. The molecule has 0 aromatic rings. The zero-order chi connectivity index (χ0) is 10.5. The van der Waals surface area contributed by atoms with Gasteiger partial charge in [-0.05, 0) is 13.8 Å². The molecule has 0 aliphatic carbocycles. The van der Waals surface area contributed by atoms with Gasteiger partial charge >= 0.3 is 0 Å². The van der Waals surface area contributed by atoms with Crippen LogP contribution in [-0.2, 0) is 13.8 Å². The third-order valence-corrected chi connectivity index (χ3v) is 3.46. The topological polar surface area (TPSA) is 35.5 Å². The summed E-state index contributed by atoms with van der Waals surface area (Å²) in [6.45, 7) is 5.53. The summed E-state index contributed by atoms with van der Waals surface area (Å²) in [5.74, 6) is 2.49. The second kappa shape index (κ2) is 4.81. The first kappa shape index (κ1) is 12.7. The summed E-state index contributed by atoms with van der Waals surface area (Å²) in [7, 11) is -1.03. The molecule has 0 radical (unpaired) electrons. The van der Waals surface area contributed by atoms with Gasteiger partial charge in [-0.1, -0.05) is 5.92 Å². The average Bonchev–Trinajstić information content (AvgIpc) is 2.04. The van der Waals surface area contributed by atoms with Gasteiger partial charge in [0.2, 0.25) is 7.37 Å². The Morgan fingerprint density at radius 2 is 2.08 bits per heavy atom. The van der Waals surface area contributed by atoms with E-state index in [1.807, 2.05) is 0 Å². The lowest BCUT2D eigenvalue weighted by Gasteiger charge is -2.19. The largest absolute Gasteiger partial charge is 0.362 e. The Hall–Kier alpha value is -0.290. The van der Waals surface area contributed by atoms with E-state index in [2.05, 4.69) is 5.92 Å². The predicted molar refractivity (Wildman–Crippen MR) is 54.3 cm³/mol. The number of hydrogen-bond acceptors (Lipinski definition) is 3. The van der Waals surface area contributed by atoms with E-state index < -0.39 is 13.0 Å². The highest BCUT2D eigenvalue weighted by Gasteiger charge is 2.18. The van der Waals surface area contributed by atoms with E-state index in [-0.39, 0.29) is 0 Å². The molecule has 0 rings (SSSR count). The fourth-order valence-corrected chi connectivity index (χ4v) is 1.21. The van der Waals surface area contributed by atoms with Gasteiger partial charge < -0.3 is 9.26 Å². The molecule has 1 atom stereocenters. The molecule has 0 aromatic heterocycles. The molecule has 0 saturated carbocycles. The van der Waals surface area contributed by atoms with Crippen molar-refractivity contribution in [3.05, 3.63) is 0 Å². The van der Waals surface area contributed by atoms with E-state index in [4.69, 9.17) is 15.7 Å². The standard InChI is InChI=1S/C9H17O3P/c1-6-9(2,3)12-7-8-13(5,10)11-4/h1H,7-8H2,2-5H3. The number of hydrogen-bond donors (Lipinski definition) is 0. The van der Waals surface area contributed by atoms with E-state index in [0.717, 1.165) is 0 Å². The first-order valence-corrected chi connectivity index (χ1v) is 6.33. The number of rotatable bonds is 5. The van der Waals surface area contributed by atoms with Crippen molar-refractivity contribution in [3.8, 4) is 12.3 Å². The summed E-state index contributed by atoms with van der Waals surface area (Å²) < 4.78 is 21.5. The minimum absolute atomic E-state index is 0.360. The molecule has 0 aliphatic heterocycles. The first-order valence-electron chi connectivity index (χ1n) is 4.07. The summed E-state index contributed by atoms with van der Waals surface area (Å²) in [6, 6.07) is 0. The van der Waals surface area contributed by atoms with Crippen LogP contribution in [0.2, 0.25) is 0 Å². The lowest BCUT2D eigenvalue weighted by Crippen LogP contribution is -2.23. The molecule has 4 heteroatoms. The van der Waals surface area contributed by atoms with Crippen LogP contribution in [0.1, 0.15) is 13.8 Å². The Balaban J connectivity index is 3.83. The molecular weight excluding hydrogens is 187 g/mol. The zero-order valence-corrected chi connectivity index (χ0v) is 9.56. The third kappa shape index (κ3) is 5.87. The summed E-state index contributed by atoms with van der Waals surface area (Å²) in [4.78, 5) is 0. The zero-order valence-electron chi connectivity index (χ0n) is 8.66. The van der Waals surface area contributed by atoms with Gasteiger partial charge in [0.15, 0.2) is 0 Å². The monoisotopic (exact) mass is 204 g/mol. The lowest BCUT2D eigenvalue weighted by atomic mass is 10.1. The van der Waals surface area contributed by atoms with E-state index >= 15 is 0 Å². The smallest absolute Gasteiger partial charge is 0.202 e. The number of terminal acetylenes is 1. The van der Waals surface area contributed by atoms with Crippen molar-refractivity contribution < 1.29 is 13.8 Å². The Bertz CT molecular complexity index is 240. The minimum Gasteiger partial charge on any atom is -0.362 e. The van der Waals surface area contributed by atoms with Crippen LogP contribution in [0.3, 0.4) is 0 Å². The summed E-state index contributed by atoms with van der Waals surface area (Å²) in [5, 5.41) is 0. The third-order valence-electron chi connectivity index (χ3n) is 1.69. The lowest BCUT2D eigenvalue weighted by molar-refractivity contribution is 0.0367. The van der Waals surface area contributed by atoms with Crippen LogP contribution in [0.4, 0.5) is 0 Å². The fourth-order valence-electron chi connectivity index (χ4n) is 0.600.